The van der Waals surface area contributed by atoms with Crippen molar-refractivity contribution in [1.82, 2.24) is 4.90 Å². The molecule has 0 aliphatic heterocycles. The molecule has 0 amide bonds. The van der Waals surface area contributed by atoms with Gasteiger partial charge < -0.3 is 18.9 Å². The zero-order valence-corrected chi connectivity index (χ0v) is 13.8. The molecule has 0 aliphatic rings. The zero-order chi connectivity index (χ0) is 15.8. The largest absolute Gasteiger partial charge is 0.463 e. The number of carbonyl (C=O) groups is 1. The normalized spacial score (nSPS) is 11.0. The average Bonchev–Trinajstić information content (AvgIpc) is 2.49. The van der Waals surface area contributed by atoms with E-state index < -0.39 is 0 Å². The second-order valence-electron chi connectivity index (χ2n) is 4.40. The minimum atomic E-state index is -0.187. The summed E-state index contributed by atoms with van der Waals surface area (Å²) in [5.74, 6) is -0.187. The molecule has 0 radical (unpaired) electrons. The minimum absolute atomic E-state index is 0.187. The van der Waals surface area contributed by atoms with Crippen molar-refractivity contribution in [3.05, 3.63) is 0 Å². The Morgan fingerprint density at radius 2 is 1.29 bits per heavy atom. The third kappa shape index (κ3) is 14.0. The number of carbonyl (C=O) groups excluding carboxylic acids is 1. The summed E-state index contributed by atoms with van der Waals surface area (Å²) in [6, 6.07) is 0. The van der Waals surface area contributed by atoms with Gasteiger partial charge in [0.05, 0.1) is 26.2 Å². The molecule has 0 fully saturated rings. The fraction of sp³-hybridized carbons (Fsp3) is 0.933. The van der Waals surface area contributed by atoms with Crippen LogP contribution in [-0.4, -0.2) is 76.8 Å². The highest BCUT2D eigenvalue weighted by Gasteiger charge is 2.09. The van der Waals surface area contributed by atoms with E-state index in [-0.39, 0.29) is 5.97 Å². The maximum atomic E-state index is 11.6. The molecule has 126 valence electrons. The van der Waals surface area contributed by atoms with Crippen molar-refractivity contribution in [1.29, 1.82) is 0 Å². The Bertz CT molecular complexity index is 228. The zero-order valence-electron chi connectivity index (χ0n) is 13.8. The Labute approximate surface area is 128 Å². The predicted molar refractivity (Wildman–Crippen MR) is 81.5 cm³/mol. The first-order valence-corrected chi connectivity index (χ1v) is 7.85. The molecule has 0 atom stereocenters. The molecule has 0 unspecified atom stereocenters. The van der Waals surface area contributed by atoms with Gasteiger partial charge in [0.15, 0.2) is 0 Å². The molecule has 0 aromatic carbocycles. The number of ether oxygens (including phenoxy) is 4. The van der Waals surface area contributed by atoms with Crippen molar-refractivity contribution in [2.45, 2.75) is 27.2 Å². The van der Waals surface area contributed by atoms with E-state index in [1.54, 1.807) is 0 Å². The van der Waals surface area contributed by atoms with Crippen LogP contribution in [0.3, 0.4) is 0 Å². The summed E-state index contributed by atoms with van der Waals surface area (Å²) in [5.41, 5.74) is 0. The molecule has 0 aromatic rings. The van der Waals surface area contributed by atoms with Crippen LogP contribution >= 0.6 is 0 Å². The Balaban J connectivity index is 3.82. The van der Waals surface area contributed by atoms with Gasteiger partial charge in [0.25, 0.3) is 0 Å². The molecular weight excluding hydrogens is 274 g/mol. The van der Waals surface area contributed by atoms with Gasteiger partial charge in [-0.3, -0.25) is 9.69 Å². The summed E-state index contributed by atoms with van der Waals surface area (Å²) >= 11 is 0. The molecule has 0 saturated carbocycles. The fourth-order valence-corrected chi connectivity index (χ4v) is 1.69. The van der Waals surface area contributed by atoms with E-state index in [0.29, 0.717) is 59.2 Å². The maximum Gasteiger partial charge on any atom is 0.307 e. The van der Waals surface area contributed by atoms with Crippen molar-refractivity contribution in [3.8, 4) is 0 Å². The van der Waals surface area contributed by atoms with Gasteiger partial charge in [-0.05, 0) is 20.8 Å². The number of rotatable bonds is 15. The van der Waals surface area contributed by atoms with Crippen LogP contribution in [0.1, 0.15) is 27.2 Å². The van der Waals surface area contributed by atoms with Crippen molar-refractivity contribution in [2.24, 2.45) is 0 Å². The SMILES string of the molecule is CCOCCOC(=O)CCN(CCOCC)CCOCC. The van der Waals surface area contributed by atoms with Gasteiger partial charge in [0, 0.05) is 39.5 Å². The summed E-state index contributed by atoms with van der Waals surface area (Å²) in [6.45, 7) is 12.3. The summed E-state index contributed by atoms with van der Waals surface area (Å²) in [6.07, 6.45) is 0.379. The van der Waals surface area contributed by atoms with Crippen molar-refractivity contribution in [2.75, 3.05) is 65.9 Å². The Hall–Kier alpha value is -0.690. The van der Waals surface area contributed by atoms with E-state index in [1.165, 1.54) is 0 Å². The van der Waals surface area contributed by atoms with E-state index in [0.717, 1.165) is 13.1 Å². The summed E-state index contributed by atoms with van der Waals surface area (Å²) in [4.78, 5) is 13.8. The van der Waals surface area contributed by atoms with E-state index >= 15 is 0 Å². The first-order chi connectivity index (χ1) is 10.2. The standard InChI is InChI=1S/C15H31NO5/c1-4-18-11-9-16(10-12-19-5-2)8-7-15(17)21-14-13-20-6-3/h4-14H2,1-3H3. The molecule has 0 spiro atoms. The van der Waals surface area contributed by atoms with Gasteiger partial charge in [0.1, 0.15) is 6.61 Å². The minimum Gasteiger partial charge on any atom is -0.463 e. The van der Waals surface area contributed by atoms with Gasteiger partial charge in [-0.15, -0.1) is 0 Å². The first-order valence-electron chi connectivity index (χ1n) is 7.85. The summed E-state index contributed by atoms with van der Waals surface area (Å²) in [5, 5.41) is 0. The molecule has 0 heterocycles. The number of hydrogen-bond acceptors (Lipinski definition) is 6. The summed E-state index contributed by atoms with van der Waals surface area (Å²) in [7, 11) is 0. The fourth-order valence-electron chi connectivity index (χ4n) is 1.69. The molecule has 0 aromatic heterocycles. The number of esters is 1. The van der Waals surface area contributed by atoms with E-state index in [1.807, 2.05) is 20.8 Å². The third-order valence-corrected chi connectivity index (χ3v) is 2.84. The lowest BCUT2D eigenvalue weighted by atomic mass is 10.3. The molecular formula is C15H31NO5. The Morgan fingerprint density at radius 3 is 1.81 bits per heavy atom. The van der Waals surface area contributed by atoms with E-state index in [9.17, 15) is 4.79 Å². The van der Waals surface area contributed by atoms with Crippen molar-refractivity contribution in [3.63, 3.8) is 0 Å². The Kier molecular flexibility index (Phi) is 15.2. The topological polar surface area (TPSA) is 57.2 Å². The van der Waals surface area contributed by atoms with Gasteiger partial charge in [0.2, 0.25) is 0 Å². The molecule has 6 heteroatoms. The molecule has 0 N–H and O–H groups in total. The molecule has 0 aliphatic carbocycles. The van der Waals surface area contributed by atoms with Crippen LogP contribution in [0.2, 0.25) is 0 Å². The lowest BCUT2D eigenvalue weighted by molar-refractivity contribution is -0.145. The highest BCUT2D eigenvalue weighted by molar-refractivity contribution is 5.69. The number of nitrogens with zero attached hydrogens (tertiary/aromatic N) is 1. The van der Waals surface area contributed by atoms with Gasteiger partial charge in [-0.1, -0.05) is 0 Å². The first kappa shape index (κ1) is 20.3. The molecule has 0 saturated heterocycles. The van der Waals surface area contributed by atoms with Crippen molar-refractivity contribution >= 4 is 5.97 Å². The van der Waals surface area contributed by atoms with Crippen LogP contribution in [0.25, 0.3) is 0 Å². The number of hydrogen-bond donors (Lipinski definition) is 0. The molecule has 0 bridgehead atoms. The maximum absolute atomic E-state index is 11.6. The van der Waals surface area contributed by atoms with Crippen molar-refractivity contribution < 1.29 is 23.7 Å². The summed E-state index contributed by atoms with van der Waals surface area (Å²) < 4.78 is 20.9. The lowest BCUT2D eigenvalue weighted by Gasteiger charge is -2.21. The predicted octanol–water partition coefficient (Wildman–Crippen LogP) is 1.33. The van der Waals surface area contributed by atoms with Crippen LogP contribution in [0.5, 0.6) is 0 Å². The van der Waals surface area contributed by atoms with E-state index in [2.05, 4.69) is 4.90 Å². The van der Waals surface area contributed by atoms with Crippen LogP contribution in [0.15, 0.2) is 0 Å². The average molecular weight is 305 g/mol. The highest BCUT2D eigenvalue weighted by atomic mass is 16.6. The smallest absolute Gasteiger partial charge is 0.307 e. The third-order valence-electron chi connectivity index (χ3n) is 2.84. The van der Waals surface area contributed by atoms with Crippen LogP contribution < -0.4 is 0 Å². The van der Waals surface area contributed by atoms with Gasteiger partial charge in [-0.25, -0.2) is 0 Å². The second kappa shape index (κ2) is 15.7. The van der Waals surface area contributed by atoms with Crippen LogP contribution in [-0.2, 0) is 23.7 Å². The van der Waals surface area contributed by atoms with E-state index in [4.69, 9.17) is 18.9 Å². The quantitative estimate of drug-likeness (QED) is 0.336. The van der Waals surface area contributed by atoms with Gasteiger partial charge in [-0.2, -0.15) is 0 Å². The van der Waals surface area contributed by atoms with Crippen LogP contribution in [0.4, 0.5) is 0 Å². The molecule has 0 rings (SSSR count). The Morgan fingerprint density at radius 1 is 0.762 bits per heavy atom. The van der Waals surface area contributed by atoms with Crippen LogP contribution in [0, 0.1) is 0 Å². The molecule has 6 nitrogen and oxygen atoms in total. The second-order valence-corrected chi connectivity index (χ2v) is 4.40. The van der Waals surface area contributed by atoms with Gasteiger partial charge >= 0.3 is 5.97 Å². The molecule has 21 heavy (non-hydrogen) atoms. The lowest BCUT2D eigenvalue weighted by Crippen LogP contribution is -2.33. The highest BCUT2D eigenvalue weighted by Crippen LogP contribution is 1.96. The monoisotopic (exact) mass is 305 g/mol.